The van der Waals surface area contributed by atoms with Gasteiger partial charge in [-0.15, -0.1) is 0 Å². The molecule has 0 aromatic heterocycles. The summed E-state index contributed by atoms with van der Waals surface area (Å²) < 4.78 is 27.3. The molecule has 0 atom stereocenters. The van der Waals surface area contributed by atoms with Gasteiger partial charge in [-0.2, -0.15) is 0 Å². The molecule has 0 amide bonds. The van der Waals surface area contributed by atoms with E-state index in [0.29, 0.717) is 0 Å². The summed E-state index contributed by atoms with van der Waals surface area (Å²) >= 11 is 0. The molecule has 2 N–H and O–H groups in total. The largest absolute Gasteiger partial charge is 0.379 e. The summed E-state index contributed by atoms with van der Waals surface area (Å²) in [6.45, 7) is 6.13. The summed E-state index contributed by atoms with van der Waals surface area (Å²) in [5, 5.41) is 3.32. The molecule has 0 saturated heterocycles. The van der Waals surface area contributed by atoms with Gasteiger partial charge in [0.25, 0.3) is 0 Å². The summed E-state index contributed by atoms with van der Waals surface area (Å²) in [7, 11) is -3.49. The predicted molar refractivity (Wildman–Crippen MR) is 90.5 cm³/mol. The second-order valence-electron chi connectivity index (χ2n) is 6.01. The van der Waals surface area contributed by atoms with Crippen molar-refractivity contribution in [3.05, 3.63) is 60.2 Å². The van der Waals surface area contributed by atoms with Crippen LogP contribution in [0.4, 0.5) is 5.69 Å². The number of rotatable bonds is 6. The van der Waals surface area contributed by atoms with E-state index in [1.807, 2.05) is 51.1 Å². The number of sulfonamides is 1. The van der Waals surface area contributed by atoms with Crippen molar-refractivity contribution < 1.29 is 8.42 Å². The first-order valence-corrected chi connectivity index (χ1v) is 8.66. The SMILES string of the molecule is Cc1ccc(S(=O)(=O)NCC(C)(C)Nc2ccccc2)cc1. The molecule has 0 aliphatic heterocycles. The minimum absolute atomic E-state index is 0.286. The normalized spacial score (nSPS) is 12.1. The molecule has 2 aromatic rings. The fourth-order valence-electron chi connectivity index (χ4n) is 2.03. The minimum Gasteiger partial charge on any atom is -0.379 e. The molecule has 0 radical (unpaired) electrons. The van der Waals surface area contributed by atoms with E-state index in [1.54, 1.807) is 24.3 Å². The maximum Gasteiger partial charge on any atom is 0.240 e. The molecule has 0 fully saturated rings. The molecule has 0 saturated carbocycles. The van der Waals surface area contributed by atoms with Gasteiger partial charge in [0.2, 0.25) is 10.0 Å². The quantitative estimate of drug-likeness (QED) is 0.860. The first-order chi connectivity index (χ1) is 10.3. The number of anilines is 1. The van der Waals surface area contributed by atoms with Crippen LogP contribution in [0.3, 0.4) is 0 Å². The molecule has 0 unspecified atom stereocenters. The Morgan fingerprint density at radius 1 is 0.955 bits per heavy atom. The molecule has 118 valence electrons. The van der Waals surface area contributed by atoms with Crippen molar-refractivity contribution in [2.75, 3.05) is 11.9 Å². The third-order valence-corrected chi connectivity index (χ3v) is 4.71. The lowest BCUT2D eigenvalue weighted by molar-refractivity contribution is 0.529. The van der Waals surface area contributed by atoms with Crippen molar-refractivity contribution in [3.8, 4) is 0 Å². The van der Waals surface area contributed by atoms with Crippen LogP contribution >= 0.6 is 0 Å². The first-order valence-electron chi connectivity index (χ1n) is 7.18. The van der Waals surface area contributed by atoms with E-state index in [4.69, 9.17) is 0 Å². The Labute approximate surface area is 132 Å². The van der Waals surface area contributed by atoms with Crippen LogP contribution in [0.25, 0.3) is 0 Å². The highest BCUT2D eigenvalue weighted by molar-refractivity contribution is 7.89. The molecule has 0 aliphatic rings. The van der Waals surface area contributed by atoms with Crippen LogP contribution in [-0.2, 0) is 10.0 Å². The number of aryl methyl sites for hydroxylation is 1. The minimum atomic E-state index is -3.49. The van der Waals surface area contributed by atoms with Gasteiger partial charge in [0.15, 0.2) is 0 Å². The zero-order valence-corrected chi connectivity index (χ0v) is 13.9. The Bertz CT molecular complexity index is 708. The fourth-order valence-corrected chi connectivity index (χ4v) is 3.24. The number of benzene rings is 2. The highest BCUT2D eigenvalue weighted by atomic mass is 32.2. The summed E-state index contributed by atoms with van der Waals surface area (Å²) in [6, 6.07) is 16.6. The molecule has 0 spiro atoms. The fraction of sp³-hybridized carbons (Fsp3) is 0.294. The maximum atomic E-state index is 12.3. The third kappa shape index (κ3) is 4.58. The molecule has 4 nitrogen and oxygen atoms in total. The number of hydrogen-bond acceptors (Lipinski definition) is 3. The zero-order valence-electron chi connectivity index (χ0n) is 13.1. The molecular formula is C17H22N2O2S. The number of hydrogen-bond donors (Lipinski definition) is 2. The van der Waals surface area contributed by atoms with Gasteiger partial charge in [-0.3, -0.25) is 0 Å². The smallest absolute Gasteiger partial charge is 0.240 e. The average Bonchev–Trinajstić information content (AvgIpc) is 2.47. The van der Waals surface area contributed by atoms with Gasteiger partial charge in [0.05, 0.1) is 4.90 Å². The Balaban J connectivity index is 2.03. The van der Waals surface area contributed by atoms with Crippen molar-refractivity contribution in [2.45, 2.75) is 31.2 Å². The Morgan fingerprint density at radius 3 is 2.14 bits per heavy atom. The van der Waals surface area contributed by atoms with Crippen LogP contribution in [0.2, 0.25) is 0 Å². The molecule has 22 heavy (non-hydrogen) atoms. The Morgan fingerprint density at radius 2 is 1.55 bits per heavy atom. The van der Waals surface area contributed by atoms with Crippen molar-refractivity contribution in [3.63, 3.8) is 0 Å². The van der Waals surface area contributed by atoms with Crippen LogP contribution in [0.1, 0.15) is 19.4 Å². The van der Waals surface area contributed by atoms with E-state index in [-0.39, 0.29) is 11.4 Å². The second-order valence-corrected chi connectivity index (χ2v) is 7.78. The topological polar surface area (TPSA) is 58.2 Å². The van der Waals surface area contributed by atoms with Crippen molar-refractivity contribution in [1.82, 2.24) is 4.72 Å². The summed E-state index contributed by atoms with van der Waals surface area (Å²) in [4.78, 5) is 0.286. The van der Waals surface area contributed by atoms with Gasteiger partial charge < -0.3 is 5.32 Å². The van der Waals surface area contributed by atoms with Crippen LogP contribution < -0.4 is 10.0 Å². The zero-order chi connectivity index (χ0) is 16.2. The van der Waals surface area contributed by atoms with Gasteiger partial charge >= 0.3 is 0 Å². The molecule has 5 heteroatoms. The standard InChI is InChI=1S/C17H22N2O2S/c1-14-9-11-16(12-10-14)22(20,21)18-13-17(2,3)19-15-7-5-4-6-8-15/h4-12,18-19H,13H2,1-3H3. The van der Waals surface area contributed by atoms with E-state index >= 15 is 0 Å². The van der Waals surface area contributed by atoms with Crippen LogP contribution in [-0.4, -0.2) is 20.5 Å². The van der Waals surface area contributed by atoms with Gasteiger partial charge in [0, 0.05) is 17.8 Å². The van der Waals surface area contributed by atoms with Crippen molar-refractivity contribution >= 4 is 15.7 Å². The van der Waals surface area contributed by atoms with Gasteiger partial charge in [-0.05, 0) is 45.0 Å². The Hall–Kier alpha value is -1.85. The molecule has 0 aliphatic carbocycles. The maximum absolute atomic E-state index is 12.3. The molecule has 0 heterocycles. The molecule has 0 bridgehead atoms. The van der Waals surface area contributed by atoms with Gasteiger partial charge in [0.1, 0.15) is 0 Å². The summed E-state index contributed by atoms with van der Waals surface area (Å²) in [5.41, 5.74) is 1.59. The molecular weight excluding hydrogens is 296 g/mol. The van der Waals surface area contributed by atoms with Gasteiger partial charge in [-0.1, -0.05) is 35.9 Å². The second kappa shape index (κ2) is 6.50. The van der Waals surface area contributed by atoms with Crippen LogP contribution in [0.15, 0.2) is 59.5 Å². The number of para-hydroxylation sites is 1. The third-order valence-electron chi connectivity index (χ3n) is 3.29. The van der Waals surface area contributed by atoms with E-state index in [9.17, 15) is 8.42 Å². The molecule has 2 aromatic carbocycles. The van der Waals surface area contributed by atoms with Crippen molar-refractivity contribution in [1.29, 1.82) is 0 Å². The molecule has 2 rings (SSSR count). The lowest BCUT2D eigenvalue weighted by Gasteiger charge is -2.27. The summed E-state index contributed by atoms with van der Waals surface area (Å²) in [6.07, 6.45) is 0. The predicted octanol–water partition coefficient (Wildman–Crippen LogP) is 3.16. The van der Waals surface area contributed by atoms with E-state index in [0.717, 1.165) is 11.3 Å². The highest BCUT2D eigenvalue weighted by Gasteiger charge is 2.22. The lowest BCUT2D eigenvalue weighted by Crippen LogP contribution is -2.44. The average molecular weight is 318 g/mol. The van der Waals surface area contributed by atoms with Gasteiger partial charge in [-0.25, -0.2) is 13.1 Å². The highest BCUT2D eigenvalue weighted by Crippen LogP contribution is 2.15. The van der Waals surface area contributed by atoms with Crippen LogP contribution in [0.5, 0.6) is 0 Å². The van der Waals surface area contributed by atoms with Crippen molar-refractivity contribution in [2.24, 2.45) is 0 Å². The van der Waals surface area contributed by atoms with E-state index < -0.39 is 15.6 Å². The summed E-state index contributed by atoms with van der Waals surface area (Å²) in [5.74, 6) is 0. The van der Waals surface area contributed by atoms with E-state index in [2.05, 4.69) is 10.0 Å². The monoisotopic (exact) mass is 318 g/mol. The van der Waals surface area contributed by atoms with Crippen LogP contribution in [0, 0.1) is 6.92 Å². The number of nitrogens with one attached hydrogen (secondary N) is 2. The lowest BCUT2D eigenvalue weighted by atomic mass is 10.1. The Kier molecular flexibility index (Phi) is 4.88. The van der Waals surface area contributed by atoms with E-state index in [1.165, 1.54) is 0 Å². The first kappa shape index (κ1) is 16.5.